The summed E-state index contributed by atoms with van der Waals surface area (Å²) in [5, 5.41) is 2.60. The molecule has 2 amide bonds. The van der Waals surface area contributed by atoms with E-state index in [2.05, 4.69) is 5.32 Å². The van der Waals surface area contributed by atoms with Gasteiger partial charge in [-0.05, 0) is 55.0 Å². The van der Waals surface area contributed by atoms with E-state index in [0.717, 1.165) is 0 Å². The van der Waals surface area contributed by atoms with Crippen molar-refractivity contribution in [1.82, 2.24) is 5.32 Å². The third-order valence-electron chi connectivity index (χ3n) is 3.92. The third-order valence-corrected chi connectivity index (χ3v) is 4.20. The minimum atomic E-state index is -0.530. The van der Waals surface area contributed by atoms with Crippen LogP contribution in [0, 0.1) is 0 Å². The van der Waals surface area contributed by atoms with Crippen LogP contribution in [0.4, 0.5) is 5.69 Å². The van der Waals surface area contributed by atoms with Gasteiger partial charge < -0.3 is 9.47 Å². The Morgan fingerprint density at radius 3 is 2.52 bits per heavy atom. The summed E-state index contributed by atoms with van der Waals surface area (Å²) in [6.07, 6.45) is 1.53. The second kappa shape index (κ2) is 8.01. The Morgan fingerprint density at radius 1 is 1.11 bits per heavy atom. The van der Waals surface area contributed by atoms with Gasteiger partial charge in [0, 0.05) is 6.07 Å². The van der Waals surface area contributed by atoms with Gasteiger partial charge in [-0.2, -0.15) is 0 Å². The molecule has 0 aliphatic carbocycles. The molecule has 1 aliphatic rings. The summed E-state index contributed by atoms with van der Waals surface area (Å²) >= 11 is 5.21. The van der Waals surface area contributed by atoms with Crippen molar-refractivity contribution in [2.24, 2.45) is 0 Å². The summed E-state index contributed by atoms with van der Waals surface area (Å²) < 4.78 is 10.6. The lowest BCUT2D eigenvalue weighted by Gasteiger charge is -2.29. The molecule has 0 unspecified atom stereocenters. The fourth-order valence-corrected chi connectivity index (χ4v) is 2.92. The number of carbonyl (C=O) groups excluding carboxylic acids is 2. The highest BCUT2D eigenvalue weighted by atomic mass is 32.1. The van der Waals surface area contributed by atoms with Crippen LogP contribution in [0.5, 0.6) is 11.5 Å². The Labute approximate surface area is 162 Å². The van der Waals surface area contributed by atoms with E-state index >= 15 is 0 Å². The lowest BCUT2D eigenvalue weighted by atomic mass is 10.1. The highest BCUT2D eigenvalue weighted by Gasteiger charge is 2.34. The molecule has 7 heteroatoms. The van der Waals surface area contributed by atoms with Crippen molar-refractivity contribution in [2.75, 3.05) is 18.6 Å². The lowest BCUT2D eigenvalue weighted by Crippen LogP contribution is -2.54. The molecule has 1 saturated heterocycles. The third kappa shape index (κ3) is 3.98. The molecular weight excluding hydrogens is 364 g/mol. The first kappa shape index (κ1) is 18.6. The second-order valence-corrected chi connectivity index (χ2v) is 6.05. The van der Waals surface area contributed by atoms with Gasteiger partial charge in [0.15, 0.2) is 5.11 Å². The van der Waals surface area contributed by atoms with E-state index in [9.17, 15) is 9.59 Å². The number of thiocarbonyl (C=S) groups is 1. The second-order valence-electron chi connectivity index (χ2n) is 5.66. The van der Waals surface area contributed by atoms with Gasteiger partial charge in [-0.25, -0.2) is 0 Å². The SMILES string of the molecule is CCOc1cccc(N2C(=O)/C(=C/c3ccc(OC)cc3)C(=O)NC2=S)c1. The zero-order valence-corrected chi connectivity index (χ0v) is 15.7. The van der Waals surface area contributed by atoms with Crippen molar-refractivity contribution < 1.29 is 19.1 Å². The zero-order chi connectivity index (χ0) is 19.4. The van der Waals surface area contributed by atoms with Crippen molar-refractivity contribution in [3.8, 4) is 11.5 Å². The van der Waals surface area contributed by atoms with Crippen molar-refractivity contribution in [1.29, 1.82) is 0 Å². The summed E-state index contributed by atoms with van der Waals surface area (Å²) in [6, 6.07) is 14.0. The van der Waals surface area contributed by atoms with Crippen molar-refractivity contribution in [2.45, 2.75) is 6.92 Å². The molecule has 1 aliphatic heterocycles. The molecule has 0 bridgehead atoms. The van der Waals surface area contributed by atoms with Crippen LogP contribution < -0.4 is 19.7 Å². The van der Waals surface area contributed by atoms with E-state index in [1.165, 1.54) is 11.0 Å². The Hall–Kier alpha value is -3.19. The number of methoxy groups -OCH3 is 1. The van der Waals surface area contributed by atoms with E-state index in [0.29, 0.717) is 29.4 Å². The van der Waals surface area contributed by atoms with Gasteiger partial charge in [0.25, 0.3) is 11.8 Å². The number of nitrogens with one attached hydrogen (secondary N) is 1. The van der Waals surface area contributed by atoms with Crippen LogP contribution >= 0.6 is 12.2 Å². The summed E-state index contributed by atoms with van der Waals surface area (Å²) in [6.45, 7) is 2.38. The summed E-state index contributed by atoms with van der Waals surface area (Å²) in [5.74, 6) is 0.279. The summed E-state index contributed by atoms with van der Waals surface area (Å²) in [5.41, 5.74) is 1.22. The molecule has 0 radical (unpaired) electrons. The minimum Gasteiger partial charge on any atom is -0.497 e. The molecule has 27 heavy (non-hydrogen) atoms. The molecule has 138 valence electrons. The zero-order valence-electron chi connectivity index (χ0n) is 14.9. The number of amides is 2. The van der Waals surface area contributed by atoms with Crippen molar-refractivity contribution in [3.63, 3.8) is 0 Å². The molecule has 2 aromatic rings. The Bertz CT molecular complexity index is 922. The minimum absolute atomic E-state index is 0.00409. The lowest BCUT2D eigenvalue weighted by molar-refractivity contribution is -0.122. The van der Waals surface area contributed by atoms with Crippen molar-refractivity contribution in [3.05, 3.63) is 59.7 Å². The number of anilines is 1. The van der Waals surface area contributed by atoms with Crippen LogP contribution in [0.3, 0.4) is 0 Å². The van der Waals surface area contributed by atoms with Gasteiger partial charge in [-0.15, -0.1) is 0 Å². The monoisotopic (exact) mass is 382 g/mol. The fourth-order valence-electron chi connectivity index (χ4n) is 2.64. The average molecular weight is 382 g/mol. The molecule has 0 spiro atoms. The largest absolute Gasteiger partial charge is 0.497 e. The molecule has 0 saturated carbocycles. The van der Waals surface area contributed by atoms with Gasteiger partial charge in [-0.1, -0.05) is 18.2 Å². The Morgan fingerprint density at radius 2 is 1.85 bits per heavy atom. The predicted octanol–water partition coefficient (Wildman–Crippen LogP) is 2.93. The van der Waals surface area contributed by atoms with Gasteiger partial charge in [-0.3, -0.25) is 19.8 Å². The highest BCUT2D eigenvalue weighted by molar-refractivity contribution is 7.80. The molecule has 1 N–H and O–H groups in total. The van der Waals surface area contributed by atoms with E-state index in [1.807, 2.05) is 6.92 Å². The molecular formula is C20H18N2O4S. The standard InChI is InChI=1S/C20H18N2O4S/c1-3-26-16-6-4-5-14(12-16)22-19(24)17(18(23)21-20(22)27)11-13-7-9-15(25-2)10-8-13/h4-12H,3H2,1-2H3,(H,21,23,27)/b17-11+. The number of carbonyl (C=O) groups is 2. The maximum Gasteiger partial charge on any atom is 0.270 e. The normalized spacial score (nSPS) is 15.7. The molecule has 2 aromatic carbocycles. The Balaban J connectivity index is 1.95. The Kier molecular flexibility index (Phi) is 5.52. The molecule has 1 fully saturated rings. The number of benzene rings is 2. The summed E-state index contributed by atoms with van der Waals surface area (Å²) in [4.78, 5) is 26.6. The maximum absolute atomic E-state index is 13.0. The van der Waals surface area contributed by atoms with Crippen LogP contribution in [-0.4, -0.2) is 30.6 Å². The predicted molar refractivity (Wildman–Crippen MR) is 107 cm³/mol. The topological polar surface area (TPSA) is 67.9 Å². The first-order chi connectivity index (χ1) is 13.0. The van der Waals surface area contributed by atoms with Gasteiger partial charge in [0.05, 0.1) is 19.4 Å². The van der Waals surface area contributed by atoms with E-state index in [-0.39, 0.29) is 10.7 Å². The first-order valence-electron chi connectivity index (χ1n) is 8.32. The quantitative estimate of drug-likeness (QED) is 0.489. The van der Waals surface area contributed by atoms with E-state index in [4.69, 9.17) is 21.7 Å². The van der Waals surface area contributed by atoms with Gasteiger partial charge in [0.1, 0.15) is 17.1 Å². The number of nitrogens with zero attached hydrogens (tertiary/aromatic N) is 1. The number of rotatable bonds is 5. The number of ether oxygens (including phenoxy) is 2. The molecule has 6 nitrogen and oxygen atoms in total. The van der Waals surface area contributed by atoms with Gasteiger partial charge >= 0.3 is 0 Å². The van der Waals surface area contributed by atoms with Crippen LogP contribution in [0.15, 0.2) is 54.1 Å². The number of hydrogen-bond donors (Lipinski definition) is 1. The first-order valence-corrected chi connectivity index (χ1v) is 8.72. The van der Waals surface area contributed by atoms with Crippen LogP contribution in [0.25, 0.3) is 6.08 Å². The van der Waals surface area contributed by atoms with E-state index < -0.39 is 11.8 Å². The smallest absolute Gasteiger partial charge is 0.270 e. The molecule has 0 aromatic heterocycles. The van der Waals surface area contributed by atoms with Crippen LogP contribution in [0.2, 0.25) is 0 Å². The summed E-state index contributed by atoms with van der Waals surface area (Å²) in [7, 11) is 1.57. The highest BCUT2D eigenvalue weighted by Crippen LogP contribution is 2.26. The average Bonchev–Trinajstić information content (AvgIpc) is 2.66. The molecule has 3 rings (SSSR count). The number of hydrogen-bond acceptors (Lipinski definition) is 5. The van der Waals surface area contributed by atoms with Crippen LogP contribution in [-0.2, 0) is 9.59 Å². The molecule has 0 atom stereocenters. The van der Waals surface area contributed by atoms with Crippen LogP contribution in [0.1, 0.15) is 12.5 Å². The molecule has 1 heterocycles. The van der Waals surface area contributed by atoms with Crippen molar-refractivity contribution >= 4 is 40.9 Å². The van der Waals surface area contributed by atoms with Gasteiger partial charge in [0.2, 0.25) is 0 Å². The van der Waals surface area contributed by atoms with E-state index in [1.54, 1.807) is 55.6 Å². The fraction of sp³-hybridized carbons (Fsp3) is 0.150. The maximum atomic E-state index is 13.0.